The summed E-state index contributed by atoms with van der Waals surface area (Å²) in [5.74, 6) is 0. The lowest BCUT2D eigenvalue weighted by Crippen LogP contribution is -2.43. The van der Waals surface area contributed by atoms with Gasteiger partial charge in [0.2, 0.25) is 0 Å². The maximum atomic E-state index is 13.3. The van der Waals surface area contributed by atoms with Crippen molar-refractivity contribution in [3.8, 4) is 28.3 Å². The molecule has 0 saturated carbocycles. The third kappa shape index (κ3) is 4.85. The van der Waals surface area contributed by atoms with E-state index < -0.39 is 5.60 Å². The molecule has 0 atom stereocenters. The number of aromatic nitrogens is 5. The molecule has 190 valence electrons. The number of ether oxygens (including phenoxy) is 1. The third-order valence-electron chi connectivity index (χ3n) is 6.54. The second kappa shape index (κ2) is 9.24. The quantitative estimate of drug-likeness (QED) is 0.421. The van der Waals surface area contributed by atoms with E-state index in [0.717, 1.165) is 16.7 Å². The molecule has 0 N–H and O–H groups in total. The lowest BCUT2D eigenvalue weighted by Gasteiger charge is -2.34. The molecule has 10 heteroatoms. The molecule has 0 aliphatic carbocycles. The number of likely N-dealkylation sites (tertiary alicyclic amines) is 1. The smallest absolute Gasteiger partial charge is 0.410 e. The Labute approximate surface area is 214 Å². The van der Waals surface area contributed by atoms with E-state index in [1.807, 2.05) is 52.3 Å². The maximum absolute atomic E-state index is 13.3. The minimum absolute atomic E-state index is 0.00776. The van der Waals surface area contributed by atoms with E-state index in [2.05, 4.69) is 16.3 Å². The van der Waals surface area contributed by atoms with Gasteiger partial charge in [-0.1, -0.05) is 0 Å². The Bertz CT molecular complexity index is 1570. The summed E-state index contributed by atoms with van der Waals surface area (Å²) in [6.45, 7) is 6.61. The normalized spacial score (nSPS) is 14.6. The highest BCUT2D eigenvalue weighted by molar-refractivity contribution is 5.87. The Morgan fingerprint density at radius 3 is 2.46 bits per heavy atom. The van der Waals surface area contributed by atoms with Gasteiger partial charge in [0, 0.05) is 67.5 Å². The number of nitrogens with zero attached hydrogens (tertiary/aromatic N) is 7. The molecule has 10 nitrogen and oxygen atoms in total. The minimum Gasteiger partial charge on any atom is -0.444 e. The number of hydrogen-bond donors (Lipinski definition) is 0. The van der Waals surface area contributed by atoms with Crippen LogP contribution < -0.4 is 5.56 Å². The fraction of sp³-hybridized carbons (Fsp3) is 0.370. The summed E-state index contributed by atoms with van der Waals surface area (Å²) < 4.78 is 10.6. The summed E-state index contributed by atoms with van der Waals surface area (Å²) in [5.41, 5.74) is 3.66. The number of nitriles is 1. The number of pyridine rings is 2. The third-order valence-corrected chi connectivity index (χ3v) is 6.54. The topological polar surface area (TPSA) is 110 Å². The fourth-order valence-electron chi connectivity index (χ4n) is 4.76. The molecule has 5 rings (SSSR count). The summed E-state index contributed by atoms with van der Waals surface area (Å²) in [5, 5.41) is 18.3. The first-order valence-electron chi connectivity index (χ1n) is 12.2. The van der Waals surface area contributed by atoms with Gasteiger partial charge >= 0.3 is 6.09 Å². The van der Waals surface area contributed by atoms with Gasteiger partial charge in [0.05, 0.1) is 23.5 Å². The SMILES string of the molecule is Cn1cc(-c2cc(-c3ccn(C4CCN(C(=O)OC(C)(C)C)CC4)c(=O)c3)c3c(C#N)cnn3c2)cn1. The molecule has 0 bridgehead atoms. The number of fused-ring (bicyclic) bond motifs is 1. The number of carbonyl (C=O) groups is 1. The van der Waals surface area contributed by atoms with Crippen LogP contribution in [-0.2, 0) is 11.8 Å². The van der Waals surface area contributed by atoms with Crippen LogP contribution in [0.1, 0.15) is 45.2 Å². The van der Waals surface area contributed by atoms with E-state index in [0.29, 0.717) is 42.6 Å². The minimum atomic E-state index is -0.540. The molecule has 1 fully saturated rings. The van der Waals surface area contributed by atoms with Gasteiger partial charge in [0.25, 0.3) is 5.56 Å². The van der Waals surface area contributed by atoms with Crippen molar-refractivity contribution in [3.05, 3.63) is 65.1 Å². The van der Waals surface area contributed by atoms with Crippen molar-refractivity contribution in [2.45, 2.75) is 45.3 Å². The average Bonchev–Trinajstić information content (AvgIpc) is 3.48. The van der Waals surface area contributed by atoms with E-state index in [9.17, 15) is 14.9 Å². The summed E-state index contributed by atoms with van der Waals surface area (Å²) in [6.07, 6.45) is 9.88. The predicted octanol–water partition coefficient (Wildman–Crippen LogP) is 4.01. The first kappa shape index (κ1) is 24.3. The second-order valence-corrected chi connectivity index (χ2v) is 10.4. The van der Waals surface area contributed by atoms with Crippen LogP contribution in [0.25, 0.3) is 27.8 Å². The highest BCUT2D eigenvalue weighted by Crippen LogP contribution is 2.32. The molecular weight excluding hydrogens is 470 g/mol. The van der Waals surface area contributed by atoms with Crippen molar-refractivity contribution in [3.63, 3.8) is 0 Å². The molecule has 4 aromatic rings. The second-order valence-electron chi connectivity index (χ2n) is 10.4. The molecule has 0 aromatic carbocycles. The molecule has 0 spiro atoms. The molecule has 1 aliphatic rings. The lowest BCUT2D eigenvalue weighted by atomic mass is 10.00. The van der Waals surface area contributed by atoms with Gasteiger partial charge in [-0.15, -0.1) is 0 Å². The summed E-state index contributed by atoms with van der Waals surface area (Å²) in [6, 6.07) is 7.67. The van der Waals surface area contributed by atoms with Crippen LogP contribution in [0.15, 0.2) is 54.0 Å². The standard InChI is InChI=1S/C27H29N7O3/c1-27(2,3)37-26(36)32-8-6-22(7-9-32)33-10-5-18(12-24(33)35)23-11-19(21-15-29-31(4)16-21)17-34-25(23)20(13-28)14-30-34/h5,10-12,14-17,22H,6-9H2,1-4H3. The van der Waals surface area contributed by atoms with Crippen molar-refractivity contribution in [1.82, 2.24) is 28.9 Å². The predicted molar refractivity (Wildman–Crippen MR) is 138 cm³/mol. The summed E-state index contributed by atoms with van der Waals surface area (Å²) >= 11 is 0. The van der Waals surface area contributed by atoms with Crippen molar-refractivity contribution < 1.29 is 9.53 Å². The van der Waals surface area contributed by atoms with E-state index in [1.165, 1.54) is 6.20 Å². The van der Waals surface area contributed by atoms with Gasteiger partial charge in [-0.25, -0.2) is 9.31 Å². The van der Waals surface area contributed by atoms with Gasteiger partial charge in [-0.05, 0) is 51.3 Å². The van der Waals surface area contributed by atoms with Gasteiger partial charge in [0.15, 0.2) is 0 Å². The van der Waals surface area contributed by atoms with Crippen LogP contribution in [0.4, 0.5) is 4.79 Å². The van der Waals surface area contributed by atoms with Crippen LogP contribution >= 0.6 is 0 Å². The van der Waals surface area contributed by atoms with Crippen LogP contribution in [-0.4, -0.2) is 53.6 Å². The van der Waals surface area contributed by atoms with E-state index in [-0.39, 0.29) is 17.7 Å². The molecule has 0 unspecified atom stereocenters. The Morgan fingerprint density at radius 2 is 1.84 bits per heavy atom. The number of amides is 1. The average molecular weight is 500 g/mol. The van der Waals surface area contributed by atoms with Crippen molar-refractivity contribution in [2.75, 3.05) is 13.1 Å². The number of aryl methyl sites for hydroxylation is 1. The van der Waals surface area contributed by atoms with Crippen molar-refractivity contribution in [2.24, 2.45) is 7.05 Å². The monoisotopic (exact) mass is 499 g/mol. The van der Waals surface area contributed by atoms with Crippen LogP contribution in [0.3, 0.4) is 0 Å². The Hall–Kier alpha value is -4.39. The van der Waals surface area contributed by atoms with Gasteiger partial charge in [-0.3, -0.25) is 9.48 Å². The highest BCUT2D eigenvalue weighted by Gasteiger charge is 2.28. The van der Waals surface area contributed by atoms with Gasteiger partial charge in [-0.2, -0.15) is 15.5 Å². The molecule has 1 saturated heterocycles. The molecule has 1 amide bonds. The zero-order chi connectivity index (χ0) is 26.3. The number of piperidine rings is 1. The van der Waals surface area contributed by atoms with Crippen LogP contribution in [0, 0.1) is 11.3 Å². The summed E-state index contributed by atoms with van der Waals surface area (Å²) in [4.78, 5) is 27.4. The van der Waals surface area contributed by atoms with E-state index >= 15 is 0 Å². The van der Waals surface area contributed by atoms with E-state index in [1.54, 1.807) is 37.1 Å². The number of rotatable bonds is 3. The lowest BCUT2D eigenvalue weighted by molar-refractivity contribution is 0.0187. The largest absolute Gasteiger partial charge is 0.444 e. The van der Waals surface area contributed by atoms with E-state index in [4.69, 9.17) is 4.74 Å². The fourth-order valence-corrected chi connectivity index (χ4v) is 4.76. The molecule has 4 aromatic heterocycles. The number of hydrogen-bond acceptors (Lipinski definition) is 6. The Balaban J connectivity index is 1.45. The maximum Gasteiger partial charge on any atom is 0.410 e. The number of carbonyl (C=O) groups excluding carboxylic acids is 1. The van der Waals surface area contributed by atoms with Crippen molar-refractivity contribution in [1.29, 1.82) is 5.26 Å². The molecule has 5 heterocycles. The van der Waals surface area contributed by atoms with Crippen molar-refractivity contribution >= 4 is 11.6 Å². The van der Waals surface area contributed by atoms with Gasteiger partial charge < -0.3 is 14.2 Å². The molecule has 0 radical (unpaired) electrons. The summed E-state index contributed by atoms with van der Waals surface area (Å²) in [7, 11) is 1.85. The van der Waals surface area contributed by atoms with Crippen LogP contribution in [0.5, 0.6) is 0 Å². The van der Waals surface area contributed by atoms with Crippen LogP contribution in [0.2, 0.25) is 0 Å². The molecular formula is C27H29N7O3. The Morgan fingerprint density at radius 1 is 1.08 bits per heavy atom. The van der Waals surface area contributed by atoms with Gasteiger partial charge in [0.1, 0.15) is 11.7 Å². The molecule has 37 heavy (non-hydrogen) atoms. The first-order chi connectivity index (χ1) is 17.6. The first-order valence-corrected chi connectivity index (χ1v) is 12.2. The Kier molecular flexibility index (Phi) is 6.07. The zero-order valence-electron chi connectivity index (χ0n) is 21.4. The zero-order valence-corrected chi connectivity index (χ0v) is 21.4. The highest BCUT2D eigenvalue weighted by atomic mass is 16.6. The molecule has 1 aliphatic heterocycles.